The van der Waals surface area contributed by atoms with Crippen molar-refractivity contribution in [3.05, 3.63) is 53.0 Å². The fraction of sp³-hybridized carbons (Fsp3) is 0.458. The van der Waals surface area contributed by atoms with Crippen LogP contribution in [0.25, 0.3) is 10.8 Å². The predicted octanol–water partition coefficient (Wildman–Crippen LogP) is 2.50. The summed E-state index contributed by atoms with van der Waals surface area (Å²) in [6, 6.07) is 6.92. The quantitative estimate of drug-likeness (QED) is 0.671. The third-order valence-electron chi connectivity index (χ3n) is 6.09. The molecular weight excluding hydrogens is 411 g/mol. The second kappa shape index (κ2) is 9.05. The van der Waals surface area contributed by atoms with Gasteiger partial charge in [0.15, 0.2) is 12.3 Å². The number of benzene rings is 2. The summed E-state index contributed by atoms with van der Waals surface area (Å²) in [7, 11) is 5.03. The van der Waals surface area contributed by atoms with Crippen LogP contribution in [0.4, 0.5) is 4.39 Å². The molecular formula is C24H31FN4O3. The number of ether oxygens (including phenoxy) is 2. The highest BCUT2D eigenvalue weighted by Crippen LogP contribution is 2.41. The van der Waals surface area contributed by atoms with E-state index in [1.54, 1.807) is 32.2 Å². The van der Waals surface area contributed by atoms with Gasteiger partial charge in [0.25, 0.3) is 5.91 Å². The van der Waals surface area contributed by atoms with E-state index in [2.05, 4.69) is 10.7 Å². The number of fused-ring (bicyclic) bond motifs is 2. The third kappa shape index (κ3) is 3.83. The molecule has 2 aliphatic heterocycles. The zero-order chi connectivity index (χ0) is 22.9. The lowest BCUT2D eigenvalue weighted by atomic mass is 9.83. The van der Waals surface area contributed by atoms with Crippen molar-refractivity contribution in [2.24, 2.45) is 0 Å². The van der Waals surface area contributed by atoms with Crippen LogP contribution in [0.1, 0.15) is 24.5 Å². The Hall–Kier alpha value is -2.68. The van der Waals surface area contributed by atoms with Gasteiger partial charge in [-0.2, -0.15) is 0 Å². The average Bonchev–Trinajstić information content (AvgIpc) is 3.02. The van der Waals surface area contributed by atoms with Crippen molar-refractivity contribution < 1.29 is 18.7 Å². The van der Waals surface area contributed by atoms with Crippen LogP contribution in [-0.2, 0) is 21.5 Å². The minimum Gasteiger partial charge on any atom is -0.468 e. The summed E-state index contributed by atoms with van der Waals surface area (Å²) in [4.78, 5) is 15.3. The summed E-state index contributed by atoms with van der Waals surface area (Å²) in [5.74, 6) is 0.157. The maximum atomic E-state index is 14.9. The number of nitrogens with one attached hydrogen (secondary N) is 2. The van der Waals surface area contributed by atoms with Gasteiger partial charge in [-0.25, -0.2) is 9.82 Å². The van der Waals surface area contributed by atoms with Gasteiger partial charge in [-0.3, -0.25) is 4.79 Å². The molecule has 1 unspecified atom stereocenters. The maximum Gasteiger partial charge on any atom is 0.252 e. The van der Waals surface area contributed by atoms with Crippen molar-refractivity contribution in [1.29, 1.82) is 0 Å². The Morgan fingerprint density at radius 3 is 2.84 bits per heavy atom. The first kappa shape index (κ1) is 22.5. The van der Waals surface area contributed by atoms with Crippen molar-refractivity contribution in [2.45, 2.75) is 25.3 Å². The van der Waals surface area contributed by atoms with E-state index in [9.17, 15) is 9.18 Å². The summed E-state index contributed by atoms with van der Waals surface area (Å²) in [6.07, 6.45) is 3.43. The van der Waals surface area contributed by atoms with Gasteiger partial charge in [0.1, 0.15) is 11.6 Å². The molecule has 172 valence electrons. The molecule has 0 radical (unpaired) electrons. The highest BCUT2D eigenvalue weighted by Gasteiger charge is 2.47. The Balaban J connectivity index is 2.02. The van der Waals surface area contributed by atoms with E-state index in [1.807, 2.05) is 30.1 Å². The molecule has 0 aliphatic carbocycles. The minimum absolute atomic E-state index is 0.0754. The Labute approximate surface area is 188 Å². The molecule has 0 aromatic heterocycles. The number of nitrogens with zero attached hydrogens (tertiary/aromatic N) is 2. The van der Waals surface area contributed by atoms with Crippen LogP contribution >= 0.6 is 0 Å². The van der Waals surface area contributed by atoms with Gasteiger partial charge >= 0.3 is 0 Å². The lowest BCUT2D eigenvalue weighted by Crippen LogP contribution is -2.54. The van der Waals surface area contributed by atoms with E-state index in [-0.39, 0.29) is 18.5 Å². The number of aryl methyl sites for hydroxylation is 1. The number of carbonyl (C=O) groups excluding carboxylic acids is 1. The van der Waals surface area contributed by atoms with Gasteiger partial charge < -0.3 is 24.7 Å². The standard InChI is InChI=1S/C24H31FN4O3/c1-5-19-21(25)8-7-16-11-18(32-15-31-4)12-20(22(16)19)24(23(30)28(2)3)13-17-14-26-9-6-10-29(17)27-24/h7-8,11-13,26-27H,5-6,9-10,14-15H2,1-4H3. The maximum absolute atomic E-state index is 14.9. The molecule has 2 N–H and O–H groups in total. The molecule has 2 aromatic rings. The number of halogens is 1. The van der Waals surface area contributed by atoms with Gasteiger partial charge in [-0.05, 0) is 65.6 Å². The highest BCUT2D eigenvalue weighted by atomic mass is 19.1. The minimum atomic E-state index is -1.18. The van der Waals surface area contributed by atoms with Crippen LogP contribution in [0.5, 0.6) is 5.75 Å². The third-order valence-corrected chi connectivity index (χ3v) is 6.09. The van der Waals surface area contributed by atoms with Gasteiger partial charge in [-0.15, -0.1) is 0 Å². The normalized spacial score (nSPS) is 20.7. The van der Waals surface area contributed by atoms with E-state index in [0.29, 0.717) is 29.8 Å². The predicted molar refractivity (Wildman–Crippen MR) is 122 cm³/mol. The van der Waals surface area contributed by atoms with Crippen LogP contribution in [-0.4, -0.2) is 63.4 Å². The fourth-order valence-corrected chi connectivity index (χ4v) is 4.64. The molecule has 32 heavy (non-hydrogen) atoms. The fourth-order valence-electron chi connectivity index (χ4n) is 4.64. The van der Waals surface area contributed by atoms with E-state index >= 15 is 0 Å². The molecule has 1 atom stereocenters. The Bertz CT molecular complexity index is 1060. The molecule has 2 aromatic carbocycles. The van der Waals surface area contributed by atoms with Gasteiger partial charge in [0.05, 0.1) is 0 Å². The number of rotatable bonds is 6. The number of methoxy groups -OCH3 is 1. The van der Waals surface area contributed by atoms with Crippen molar-refractivity contribution in [3.63, 3.8) is 0 Å². The van der Waals surface area contributed by atoms with Crippen molar-refractivity contribution >= 4 is 16.7 Å². The number of hydrogen-bond acceptors (Lipinski definition) is 6. The zero-order valence-electron chi connectivity index (χ0n) is 19.1. The first-order valence-corrected chi connectivity index (χ1v) is 11.0. The number of hydrazine groups is 1. The lowest BCUT2D eigenvalue weighted by Gasteiger charge is -2.34. The molecule has 0 saturated carbocycles. The zero-order valence-corrected chi connectivity index (χ0v) is 19.1. The van der Waals surface area contributed by atoms with Crippen LogP contribution in [0.2, 0.25) is 0 Å². The van der Waals surface area contributed by atoms with E-state index in [0.717, 1.165) is 36.0 Å². The molecule has 1 saturated heterocycles. The lowest BCUT2D eigenvalue weighted by molar-refractivity contribution is -0.135. The first-order chi connectivity index (χ1) is 15.4. The van der Waals surface area contributed by atoms with Crippen LogP contribution < -0.4 is 15.5 Å². The number of carbonyl (C=O) groups is 1. The molecule has 1 fully saturated rings. The number of amides is 1. The molecule has 0 spiro atoms. The summed E-state index contributed by atoms with van der Waals surface area (Å²) < 4.78 is 25.8. The van der Waals surface area contributed by atoms with Crippen LogP contribution in [0.3, 0.4) is 0 Å². The monoisotopic (exact) mass is 442 g/mol. The molecule has 7 nitrogen and oxygen atoms in total. The highest BCUT2D eigenvalue weighted by molar-refractivity contribution is 5.99. The van der Waals surface area contributed by atoms with Crippen molar-refractivity contribution in [2.75, 3.05) is 47.6 Å². The van der Waals surface area contributed by atoms with Crippen molar-refractivity contribution in [3.8, 4) is 5.75 Å². The van der Waals surface area contributed by atoms with Crippen LogP contribution in [0, 0.1) is 5.82 Å². The second-order valence-electron chi connectivity index (χ2n) is 8.44. The molecule has 0 bridgehead atoms. The second-order valence-corrected chi connectivity index (χ2v) is 8.44. The summed E-state index contributed by atoms with van der Waals surface area (Å²) in [5, 5.41) is 7.01. The number of hydrogen-bond donors (Lipinski definition) is 2. The van der Waals surface area contributed by atoms with Crippen molar-refractivity contribution in [1.82, 2.24) is 20.7 Å². The van der Waals surface area contributed by atoms with Gasteiger partial charge in [-0.1, -0.05) is 13.0 Å². The largest absolute Gasteiger partial charge is 0.468 e. The summed E-state index contributed by atoms with van der Waals surface area (Å²) in [6.45, 7) is 4.34. The summed E-state index contributed by atoms with van der Waals surface area (Å²) in [5.41, 5.74) is 4.58. The molecule has 2 aliphatic rings. The molecule has 4 rings (SSSR count). The average molecular weight is 443 g/mol. The topological polar surface area (TPSA) is 66.1 Å². The Morgan fingerprint density at radius 2 is 2.12 bits per heavy atom. The summed E-state index contributed by atoms with van der Waals surface area (Å²) >= 11 is 0. The Morgan fingerprint density at radius 1 is 1.31 bits per heavy atom. The van der Waals surface area contributed by atoms with Gasteiger partial charge in [0, 0.05) is 40.0 Å². The van der Waals surface area contributed by atoms with Gasteiger partial charge in [0.2, 0.25) is 0 Å². The van der Waals surface area contributed by atoms with E-state index < -0.39 is 5.54 Å². The SMILES string of the molecule is CCc1c(F)ccc2cc(OCOC)cc(C3(C(=O)N(C)C)C=C4CNCCCN4N3)c12. The molecule has 2 heterocycles. The van der Waals surface area contributed by atoms with Crippen LogP contribution in [0.15, 0.2) is 36.0 Å². The van der Waals surface area contributed by atoms with E-state index in [4.69, 9.17) is 9.47 Å². The smallest absolute Gasteiger partial charge is 0.252 e. The Kier molecular flexibility index (Phi) is 6.37. The first-order valence-electron chi connectivity index (χ1n) is 11.0. The van der Waals surface area contributed by atoms with E-state index in [1.165, 1.54) is 6.07 Å². The number of likely N-dealkylation sites (N-methyl/N-ethyl adjacent to an activating group) is 1. The molecule has 1 amide bonds. The molecule has 8 heteroatoms.